The molecule has 1 saturated heterocycles. The Balaban J connectivity index is 1.39. The number of rotatable bonds is 4. The molecule has 2 aliphatic heterocycles. The number of ether oxygens (including phenoxy) is 2. The van der Waals surface area contributed by atoms with Crippen LogP contribution in [0.3, 0.4) is 0 Å². The summed E-state index contributed by atoms with van der Waals surface area (Å²) >= 11 is 5.98. The molecule has 3 N–H and O–H groups in total. The highest BCUT2D eigenvalue weighted by atomic mass is 35.5. The number of benzene rings is 2. The fraction of sp³-hybridized carbons (Fsp3) is 0.263. The summed E-state index contributed by atoms with van der Waals surface area (Å²) < 4.78 is 10.7. The van der Waals surface area contributed by atoms with E-state index in [0.29, 0.717) is 41.0 Å². The van der Waals surface area contributed by atoms with Crippen molar-refractivity contribution >= 4 is 34.8 Å². The van der Waals surface area contributed by atoms with E-state index < -0.39 is 5.92 Å². The molecule has 27 heavy (non-hydrogen) atoms. The van der Waals surface area contributed by atoms with E-state index in [1.807, 2.05) is 18.2 Å². The molecule has 2 amide bonds. The Hall–Kier alpha value is -2.93. The fourth-order valence-corrected chi connectivity index (χ4v) is 3.39. The van der Waals surface area contributed by atoms with Crippen molar-refractivity contribution in [3.8, 4) is 11.5 Å². The molecule has 0 saturated carbocycles. The summed E-state index contributed by atoms with van der Waals surface area (Å²) in [4.78, 5) is 26.5. The molecule has 0 bridgehead atoms. The van der Waals surface area contributed by atoms with Crippen molar-refractivity contribution in [2.45, 2.75) is 13.0 Å². The molecule has 2 aromatic carbocycles. The second-order valence-corrected chi connectivity index (χ2v) is 7.00. The number of likely N-dealkylation sites (tertiary alicyclic amines) is 1. The molecule has 0 spiro atoms. The van der Waals surface area contributed by atoms with Gasteiger partial charge >= 0.3 is 0 Å². The van der Waals surface area contributed by atoms with Gasteiger partial charge in [0.15, 0.2) is 11.5 Å². The number of hydrogen-bond donors (Lipinski definition) is 2. The smallest absolute Gasteiger partial charge is 0.231 e. The standard InChI is InChI=1S/C19H18ClN3O4/c20-14-7-13(2-3-15(14)21)22-19(25)12-6-18(24)23(9-12)8-11-1-4-16-17(5-11)27-10-26-16/h1-5,7,12H,6,8-10,21H2,(H,22,25). The summed E-state index contributed by atoms with van der Waals surface area (Å²) in [6.07, 6.45) is 0.180. The van der Waals surface area contributed by atoms with Gasteiger partial charge in [0.25, 0.3) is 0 Å². The van der Waals surface area contributed by atoms with Crippen LogP contribution in [0.5, 0.6) is 11.5 Å². The Morgan fingerprint density at radius 1 is 1.22 bits per heavy atom. The van der Waals surface area contributed by atoms with Gasteiger partial charge in [0.2, 0.25) is 18.6 Å². The lowest BCUT2D eigenvalue weighted by Crippen LogP contribution is -2.28. The van der Waals surface area contributed by atoms with Crippen LogP contribution in [0.4, 0.5) is 11.4 Å². The first kappa shape index (κ1) is 17.5. The largest absolute Gasteiger partial charge is 0.454 e. The van der Waals surface area contributed by atoms with Crippen molar-refractivity contribution in [2.24, 2.45) is 5.92 Å². The quantitative estimate of drug-likeness (QED) is 0.786. The van der Waals surface area contributed by atoms with Gasteiger partial charge in [0, 0.05) is 25.2 Å². The van der Waals surface area contributed by atoms with Gasteiger partial charge in [-0.3, -0.25) is 9.59 Å². The number of halogens is 1. The van der Waals surface area contributed by atoms with E-state index in [2.05, 4.69) is 5.32 Å². The maximum atomic E-state index is 12.5. The topological polar surface area (TPSA) is 93.9 Å². The van der Waals surface area contributed by atoms with Crippen LogP contribution < -0.4 is 20.5 Å². The molecule has 4 rings (SSSR count). The highest BCUT2D eigenvalue weighted by Crippen LogP contribution is 2.33. The Labute approximate surface area is 161 Å². The molecule has 1 fully saturated rings. The number of carbonyl (C=O) groups is 2. The van der Waals surface area contributed by atoms with Crippen LogP contribution in [0.1, 0.15) is 12.0 Å². The average molecular weight is 388 g/mol. The Morgan fingerprint density at radius 2 is 2.04 bits per heavy atom. The average Bonchev–Trinajstić information content (AvgIpc) is 3.25. The van der Waals surface area contributed by atoms with Gasteiger partial charge < -0.3 is 25.4 Å². The predicted molar refractivity (Wildman–Crippen MR) is 101 cm³/mol. The van der Waals surface area contributed by atoms with Gasteiger partial charge in [0.05, 0.1) is 16.6 Å². The van der Waals surface area contributed by atoms with Crippen LogP contribution in [0, 0.1) is 5.92 Å². The molecular formula is C19H18ClN3O4. The first-order valence-electron chi connectivity index (χ1n) is 8.52. The molecule has 1 unspecified atom stereocenters. The summed E-state index contributed by atoms with van der Waals surface area (Å²) in [6.45, 7) is 0.994. The summed E-state index contributed by atoms with van der Waals surface area (Å²) in [5, 5.41) is 3.17. The number of fused-ring (bicyclic) bond motifs is 1. The molecule has 140 valence electrons. The van der Waals surface area contributed by atoms with Crippen LogP contribution >= 0.6 is 11.6 Å². The van der Waals surface area contributed by atoms with Crippen molar-refractivity contribution in [1.29, 1.82) is 0 Å². The number of nitrogens with one attached hydrogen (secondary N) is 1. The van der Waals surface area contributed by atoms with Gasteiger partial charge in [-0.2, -0.15) is 0 Å². The third-order valence-corrected chi connectivity index (χ3v) is 4.99. The highest BCUT2D eigenvalue weighted by molar-refractivity contribution is 6.33. The van der Waals surface area contributed by atoms with Gasteiger partial charge in [-0.15, -0.1) is 0 Å². The zero-order valence-electron chi connectivity index (χ0n) is 14.4. The summed E-state index contributed by atoms with van der Waals surface area (Å²) in [5.41, 5.74) is 7.60. The van der Waals surface area contributed by atoms with E-state index in [1.54, 1.807) is 23.1 Å². The van der Waals surface area contributed by atoms with Crippen molar-refractivity contribution < 1.29 is 19.1 Å². The molecular weight excluding hydrogens is 370 g/mol. The highest BCUT2D eigenvalue weighted by Gasteiger charge is 2.34. The Morgan fingerprint density at radius 3 is 2.85 bits per heavy atom. The third-order valence-electron chi connectivity index (χ3n) is 4.66. The van der Waals surface area contributed by atoms with Crippen LogP contribution in [0.2, 0.25) is 5.02 Å². The van der Waals surface area contributed by atoms with Crippen LogP contribution in [0.15, 0.2) is 36.4 Å². The van der Waals surface area contributed by atoms with Crippen molar-refractivity contribution in [1.82, 2.24) is 4.90 Å². The SMILES string of the molecule is Nc1ccc(NC(=O)C2CC(=O)N(Cc3ccc4c(c3)OCO4)C2)cc1Cl. The summed E-state index contributed by atoms with van der Waals surface area (Å²) in [5.74, 6) is 0.697. The number of nitrogens with two attached hydrogens (primary N) is 1. The van der Waals surface area contributed by atoms with Crippen molar-refractivity contribution in [3.05, 3.63) is 47.0 Å². The minimum Gasteiger partial charge on any atom is -0.454 e. The van der Waals surface area contributed by atoms with E-state index in [-0.39, 0.29) is 25.0 Å². The molecule has 2 heterocycles. The van der Waals surface area contributed by atoms with E-state index in [9.17, 15) is 9.59 Å². The maximum Gasteiger partial charge on any atom is 0.231 e. The van der Waals surface area contributed by atoms with Crippen LogP contribution in [-0.4, -0.2) is 30.1 Å². The van der Waals surface area contributed by atoms with Gasteiger partial charge in [-0.1, -0.05) is 17.7 Å². The second kappa shape index (κ2) is 7.00. The molecule has 1 atom stereocenters. The van der Waals surface area contributed by atoms with Crippen molar-refractivity contribution in [3.63, 3.8) is 0 Å². The minimum absolute atomic E-state index is 0.0526. The number of amides is 2. The number of carbonyl (C=O) groups excluding carboxylic acids is 2. The lowest BCUT2D eigenvalue weighted by molar-refractivity contribution is -0.128. The first-order valence-corrected chi connectivity index (χ1v) is 8.89. The first-order chi connectivity index (χ1) is 13.0. The monoisotopic (exact) mass is 387 g/mol. The van der Waals surface area contributed by atoms with E-state index in [4.69, 9.17) is 26.8 Å². The van der Waals surface area contributed by atoms with E-state index in [1.165, 1.54) is 0 Å². The van der Waals surface area contributed by atoms with Crippen LogP contribution in [-0.2, 0) is 16.1 Å². The van der Waals surface area contributed by atoms with E-state index >= 15 is 0 Å². The Kier molecular flexibility index (Phi) is 4.53. The fourth-order valence-electron chi connectivity index (χ4n) is 3.21. The number of anilines is 2. The third kappa shape index (κ3) is 3.64. The molecule has 8 heteroatoms. The molecule has 2 aromatic rings. The number of hydrogen-bond acceptors (Lipinski definition) is 5. The lowest BCUT2D eigenvalue weighted by atomic mass is 10.1. The second-order valence-electron chi connectivity index (χ2n) is 6.59. The van der Waals surface area contributed by atoms with Gasteiger partial charge in [-0.05, 0) is 35.9 Å². The zero-order valence-corrected chi connectivity index (χ0v) is 15.2. The Bertz CT molecular complexity index is 918. The summed E-state index contributed by atoms with van der Waals surface area (Å²) in [6, 6.07) is 10.5. The molecule has 0 radical (unpaired) electrons. The molecule has 0 aromatic heterocycles. The number of nitrogens with zero attached hydrogens (tertiary/aromatic N) is 1. The van der Waals surface area contributed by atoms with E-state index in [0.717, 1.165) is 5.56 Å². The lowest BCUT2D eigenvalue weighted by Gasteiger charge is -2.17. The molecule has 7 nitrogen and oxygen atoms in total. The molecule has 0 aliphatic carbocycles. The minimum atomic E-state index is -0.414. The summed E-state index contributed by atoms with van der Waals surface area (Å²) in [7, 11) is 0. The van der Waals surface area contributed by atoms with Gasteiger partial charge in [0.1, 0.15) is 0 Å². The maximum absolute atomic E-state index is 12.5. The molecule has 2 aliphatic rings. The van der Waals surface area contributed by atoms with Gasteiger partial charge in [-0.25, -0.2) is 0 Å². The van der Waals surface area contributed by atoms with Crippen LogP contribution in [0.25, 0.3) is 0 Å². The van der Waals surface area contributed by atoms with Crippen molar-refractivity contribution in [2.75, 3.05) is 24.4 Å². The normalized spacial score (nSPS) is 18.0. The zero-order chi connectivity index (χ0) is 19.0. The predicted octanol–water partition coefficient (Wildman–Crippen LogP) is 2.64. The number of nitrogen functional groups attached to an aromatic ring is 1.